The molecule has 0 saturated carbocycles. The van der Waals surface area contributed by atoms with Crippen LogP contribution < -0.4 is 0 Å². The highest BCUT2D eigenvalue weighted by Gasteiger charge is 2.09. The van der Waals surface area contributed by atoms with E-state index < -0.39 is 5.97 Å². The van der Waals surface area contributed by atoms with E-state index in [4.69, 9.17) is 14.7 Å². The van der Waals surface area contributed by atoms with Gasteiger partial charge in [0.25, 0.3) is 0 Å². The van der Waals surface area contributed by atoms with Gasteiger partial charge in [-0.15, -0.1) is 0 Å². The van der Waals surface area contributed by atoms with Crippen molar-refractivity contribution in [2.75, 3.05) is 26.4 Å². The second-order valence-electron chi connectivity index (χ2n) is 2.43. The average molecular weight is 213 g/mol. The average Bonchev–Trinajstić information content (AvgIpc) is 2.23. The minimum absolute atomic E-state index is 0.145. The van der Waals surface area contributed by atoms with Crippen molar-refractivity contribution in [3.8, 4) is 6.07 Å². The van der Waals surface area contributed by atoms with Crippen LogP contribution in [-0.4, -0.2) is 32.4 Å². The Morgan fingerprint density at radius 1 is 1.33 bits per heavy atom. The molecule has 0 heterocycles. The Morgan fingerprint density at radius 2 is 2.07 bits per heavy atom. The third-order valence-electron chi connectivity index (χ3n) is 1.37. The molecule has 0 atom stereocenters. The van der Waals surface area contributed by atoms with Gasteiger partial charge in [-0.3, -0.25) is 0 Å². The molecule has 0 rings (SSSR count). The summed E-state index contributed by atoms with van der Waals surface area (Å²) >= 11 is 0. The molecule has 84 valence electrons. The Hall–Kier alpha value is -1.54. The van der Waals surface area contributed by atoms with Crippen LogP contribution in [0.4, 0.5) is 0 Å². The Labute approximate surface area is 89.2 Å². The van der Waals surface area contributed by atoms with Gasteiger partial charge in [-0.2, -0.15) is 5.26 Å². The summed E-state index contributed by atoms with van der Waals surface area (Å²) in [7, 11) is 0. The van der Waals surface area contributed by atoms with Crippen LogP contribution in [0.2, 0.25) is 0 Å². The normalized spacial score (nSPS) is 10.6. The monoisotopic (exact) mass is 213 g/mol. The molecule has 0 spiro atoms. The van der Waals surface area contributed by atoms with E-state index in [1.165, 1.54) is 0 Å². The molecule has 0 aromatic rings. The molecule has 5 nitrogen and oxygen atoms in total. The van der Waals surface area contributed by atoms with Gasteiger partial charge in [0.2, 0.25) is 0 Å². The molecule has 0 aliphatic carbocycles. The molecule has 0 saturated heterocycles. The molecule has 0 aliphatic heterocycles. The molecule has 0 fully saturated rings. The molecule has 0 unspecified atom stereocenters. The lowest BCUT2D eigenvalue weighted by Crippen LogP contribution is -2.08. The lowest BCUT2D eigenvalue weighted by molar-refractivity contribution is -0.138. The Bertz CT molecular complexity index is 255. The van der Waals surface area contributed by atoms with Crippen LogP contribution in [0.3, 0.4) is 0 Å². The zero-order valence-corrected chi connectivity index (χ0v) is 8.99. The lowest BCUT2D eigenvalue weighted by atomic mass is 10.3. The van der Waals surface area contributed by atoms with Crippen LogP contribution in [0.5, 0.6) is 0 Å². The van der Waals surface area contributed by atoms with E-state index in [-0.39, 0.29) is 12.2 Å². The fourth-order valence-corrected chi connectivity index (χ4v) is 0.723. The van der Waals surface area contributed by atoms with Gasteiger partial charge in [0, 0.05) is 6.61 Å². The quantitative estimate of drug-likeness (QED) is 0.207. The Balaban J connectivity index is 3.90. The first-order chi connectivity index (χ1) is 7.26. The number of hydrogen-bond acceptors (Lipinski definition) is 5. The van der Waals surface area contributed by atoms with Gasteiger partial charge >= 0.3 is 5.97 Å². The molecular weight excluding hydrogens is 198 g/mol. The summed E-state index contributed by atoms with van der Waals surface area (Å²) < 4.78 is 14.6. The van der Waals surface area contributed by atoms with Crippen LogP contribution in [-0.2, 0) is 19.0 Å². The molecule has 0 radical (unpaired) electrons. The van der Waals surface area contributed by atoms with Gasteiger partial charge < -0.3 is 14.2 Å². The van der Waals surface area contributed by atoms with Crippen molar-refractivity contribution in [2.24, 2.45) is 0 Å². The maximum absolute atomic E-state index is 11.1. The number of hydrogen-bond donors (Lipinski definition) is 0. The number of nitriles is 1. The molecule has 0 aromatic heterocycles. The van der Waals surface area contributed by atoms with Crippen LogP contribution in [0, 0.1) is 11.3 Å². The van der Waals surface area contributed by atoms with E-state index in [9.17, 15) is 4.79 Å². The number of esters is 1. The molecule has 5 heteroatoms. The van der Waals surface area contributed by atoms with Gasteiger partial charge in [-0.05, 0) is 13.8 Å². The van der Waals surface area contributed by atoms with E-state index in [1.807, 2.05) is 6.92 Å². The van der Waals surface area contributed by atoms with Crippen molar-refractivity contribution in [2.45, 2.75) is 13.8 Å². The minimum Gasteiger partial charge on any atom is -0.497 e. The van der Waals surface area contributed by atoms with Crippen molar-refractivity contribution in [3.63, 3.8) is 0 Å². The zero-order valence-electron chi connectivity index (χ0n) is 8.99. The zero-order chi connectivity index (χ0) is 11.5. The number of rotatable bonds is 7. The molecular formula is C10H15NO4. The van der Waals surface area contributed by atoms with Gasteiger partial charge in [0.1, 0.15) is 18.9 Å². The van der Waals surface area contributed by atoms with Gasteiger partial charge in [0.05, 0.1) is 13.2 Å². The second kappa shape index (κ2) is 9.03. The molecule has 0 aromatic carbocycles. The van der Waals surface area contributed by atoms with E-state index in [2.05, 4.69) is 4.74 Å². The van der Waals surface area contributed by atoms with Crippen molar-refractivity contribution in [1.29, 1.82) is 5.26 Å². The molecule has 0 bridgehead atoms. The predicted molar refractivity (Wildman–Crippen MR) is 52.8 cm³/mol. The van der Waals surface area contributed by atoms with E-state index >= 15 is 0 Å². The third-order valence-corrected chi connectivity index (χ3v) is 1.37. The minimum atomic E-state index is -0.670. The number of carbonyl (C=O) groups excluding carboxylic acids is 1. The van der Waals surface area contributed by atoms with Crippen LogP contribution >= 0.6 is 0 Å². The van der Waals surface area contributed by atoms with Crippen molar-refractivity contribution in [3.05, 3.63) is 11.8 Å². The summed E-state index contributed by atoms with van der Waals surface area (Å²) in [5, 5.41) is 8.60. The second-order valence-corrected chi connectivity index (χ2v) is 2.43. The van der Waals surface area contributed by atoms with Crippen LogP contribution in [0.15, 0.2) is 11.8 Å². The Morgan fingerprint density at radius 3 is 2.60 bits per heavy atom. The van der Waals surface area contributed by atoms with Crippen molar-refractivity contribution < 1.29 is 19.0 Å². The summed E-state index contributed by atoms with van der Waals surface area (Å²) in [4.78, 5) is 11.1. The molecule has 0 aliphatic rings. The fraction of sp³-hybridized carbons (Fsp3) is 0.600. The smallest absolute Gasteiger partial charge is 0.352 e. The van der Waals surface area contributed by atoms with Crippen LogP contribution in [0.25, 0.3) is 0 Å². The number of carbonyl (C=O) groups is 1. The fourth-order valence-electron chi connectivity index (χ4n) is 0.723. The first-order valence-electron chi connectivity index (χ1n) is 4.73. The van der Waals surface area contributed by atoms with Crippen molar-refractivity contribution >= 4 is 5.97 Å². The maximum Gasteiger partial charge on any atom is 0.352 e. The molecule has 0 amide bonds. The SMILES string of the molecule is CCOCCOC=C(C#N)C(=O)OCC. The predicted octanol–water partition coefficient (Wildman–Crippen LogP) is 1.01. The Kier molecular flexibility index (Phi) is 8.10. The number of ether oxygens (including phenoxy) is 3. The maximum atomic E-state index is 11.1. The summed E-state index contributed by atoms with van der Waals surface area (Å²) in [5.41, 5.74) is -0.145. The summed E-state index contributed by atoms with van der Waals surface area (Å²) in [5.74, 6) is -0.670. The summed E-state index contributed by atoms with van der Waals surface area (Å²) in [6, 6.07) is 1.70. The standard InChI is InChI=1S/C10H15NO4/c1-3-13-5-6-14-8-9(7-11)10(12)15-4-2/h8H,3-6H2,1-2H3. The molecule has 0 N–H and O–H groups in total. The van der Waals surface area contributed by atoms with Crippen molar-refractivity contribution in [1.82, 2.24) is 0 Å². The van der Waals surface area contributed by atoms with Gasteiger partial charge in [-0.25, -0.2) is 4.79 Å². The highest BCUT2D eigenvalue weighted by molar-refractivity contribution is 5.92. The van der Waals surface area contributed by atoms with Gasteiger partial charge in [0.15, 0.2) is 5.57 Å². The van der Waals surface area contributed by atoms with Gasteiger partial charge in [-0.1, -0.05) is 0 Å². The third kappa shape index (κ3) is 6.52. The summed E-state index contributed by atoms with van der Waals surface area (Å²) in [6.07, 6.45) is 1.09. The number of nitrogens with zero attached hydrogens (tertiary/aromatic N) is 1. The lowest BCUT2D eigenvalue weighted by Gasteiger charge is -2.02. The van der Waals surface area contributed by atoms with E-state index in [0.29, 0.717) is 19.8 Å². The molecule has 15 heavy (non-hydrogen) atoms. The summed E-state index contributed by atoms with van der Waals surface area (Å²) in [6.45, 7) is 5.11. The van der Waals surface area contributed by atoms with E-state index in [0.717, 1.165) is 6.26 Å². The highest BCUT2D eigenvalue weighted by Crippen LogP contribution is 1.97. The largest absolute Gasteiger partial charge is 0.497 e. The van der Waals surface area contributed by atoms with E-state index in [1.54, 1.807) is 13.0 Å². The topological polar surface area (TPSA) is 68.5 Å². The van der Waals surface area contributed by atoms with Crippen LogP contribution in [0.1, 0.15) is 13.8 Å². The highest BCUT2D eigenvalue weighted by atomic mass is 16.5. The first kappa shape index (κ1) is 13.5. The first-order valence-corrected chi connectivity index (χ1v) is 4.73.